The second-order valence-electron chi connectivity index (χ2n) is 11.3. The lowest BCUT2D eigenvalue weighted by atomic mass is 9.83. The van der Waals surface area contributed by atoms with Crippen LogP contribution in [0.15, 0.2) is 102 Å². The molecular formula is C36H34N2O6. The molecule has 8 heteroatoms. The Balaban J connectivity index is 1.32. The highest BCUT2D eigenvalue weighted by atomic mass is 16.6. The number of esters is 1. The molecule has 1 atom stereocenters. The third-order valence-corrected chi connectivity index (χ3v) is 7.26. The van der Waals surface area contributed by atoms with E-state index in [1.165, 1.54) is 5.56 Å². The van der Waals surface area contributed by atoms with E-state index in [0.29, 0.717) is 35.2 Å². The number of fused-ring (bicyclic) bond motifs is 1. The minimum absolute atomic E-state index is 0.0179. The Kier molecular flexibility index (Phi) is 8.77. The number of nitrogens with zero attached hydrogens (tertiary/aromatic N) is 1. The second kappa shape index (κ2) is 12.8. The number of benzene rings is 4. The van der Waals surface area contributed by atoms with Crippen LogP contribution in [0, 0.1) is 11.3 Å². The van der Waals surface area contributed by atoms with E-state index in [1.54, 1.807) is 25.3 Å². The fraction of sp³-hybridized carbons (Fsp3) is 0.222. The summed E-state index contributed by atoms with van der Waals surface area (Å²) in [6.07, 6.45) is 0. The Bertz CT molecular complexity index is 1720. The molecule has 8 nitrogen and oxygen atoms in total. The average Bonchev–Trinajstić information content (AvgIpc) is 3.02. The summed E-state index contributed by atoms with van der Waals surface area (Å²) >= 11 is 0. The normalized spacial score (nSPS) is 14.1. The summed E-state index contributed by atoms with van der Waals surface area (Å²) in [5.41, 5.74) is 10.1. The fourth-order valence-electron chi connectivity index (χ4n) is 4.91. The Morgan fingerprint density at radius 2 is 1.64 bits per heavy atom. The molecule has 44 heavy (non-hydrogen) atoms. The van der Waals surface area contributed by atoms with Crippen molar-refractivity contribution in [3.8, 4) is 34.8 Å². The summed E-state index contributed by atoms with van der Waals surface area (Å²) in [6.45, 7) is 6.50. The SMILES string of the molecule is COc1cc(C2C(C#N)=C(N)Oc3cc(OC(=O)COc4ccc(C(C)(C)C)cc4)ccc32)ccc1OCc1ccccc1. The van der Waals surface area contributed by atoms with Gasteiger partial charge in [-0.15, -0.1) is 0 Å². The molecule has 0 fully saturated rings. The zero-order valence-corrected chi connectivity index (χ0v) is 25.1. The molecule has 2 N–H and O–H groups in total. The van der Waals surface area contributed by atoms with Crippen LogP contribution in [0.5, 0.6) is 28.7 Å². The van der Waals surface area contributed by atoms with E-state index in [0.717, 1.165) is 11.1 Å². The highest BCUT2D eigenvalue weighted by molar-refractivity contribution is 5.74. The quantitative estimate of drug-likeness (QED) is 0.168. The Hall–Kier alpha value is -5.42. The maximum absolute atomic E-state index is 12.6. The maximum atomic E-state index is 12.6. The van der Waals surface area contributed by atoms with Crippen molar-refractivity contribution < 1.29 is 28.5 Å². The standard InChI is InChI=1S/C36H34N2O6/c1-36(2,3)25-11-13-26(14-12-25)41-22-33(39)43-27-15-16-28-31(19-27)44-35(38)29(20-37)34(28)24-10-17-30(32(18-24)40-4)42-21-23-8-6-5-7-9-23/h5-19,34H,21-22,38H2,1-4H3. The Morgan fingerprint density at radius 1 is 0.909 bits per heavy atom. The van der Waals surface area contributed by atoms with E-state index < -0.39 is 11.9 Å². The first-order valence-corrected chi connectivity index (χ1v) is 14.2. The number of rotatable bonds is 9. The predicted molar refractivity (Wildman–Crippen MR) is 166 cm³/mol. The molecule has 0 aliphatic carbocycles. The van der Waals surface area contributed by atoms with E-state index in [9.17, 15) is 10.1 Å². The van der Waals surface area contributed by atoms with Crippen molar-refractivity contribution in [3.63, 3.8) is 0 Å². The van der Waals surface area contributed by atoms with Crippen LogP contribution >= 0.6 is 0 Å². The number of nitriles is 1. The minimum Gasteiger partial charge on any atom is -0.493 e. The predicted octanol–water partition coefficient (Wildman–Crippen LogP) is 6.77. The van der Waals surface area contributed by atoms with E-state index in [2.05, 4.69) is 26.8 Å². The van der Waals surface area contributed by atoms with Gasteiger partial charge in [-0.2, -0.15) is 5.26 Å². The topological polar surface area (TPSA) is 113 Å². The smallest absolute Gasteiger partial charge is 0.349 e. The van der Waals surface area contributed by atoms with Crippen molar-refractivity contribution in [2.75, 3.05) is 13.7 Å². The molecule has 1 aliphatic heterocycles. The van der Waals surface area contributed by atoms with Crippen LogP contribution in [0.2, 0.25) is 0 Å². The lowest BCUT2D eigenvalue weighted by Gasteiger charge is -2.27. The molecule has 1 unspecified atom stereocenters. The maximum Gasteiger partial charge on any atom is 0.349 e. The van der Waals surface area contributed by atoms with Crippen LogP contribution in [0.4, 0.5) is 0 Å². The monoisotopic (exact) mass is 590 g/mol. The summed E-state index contributed by atoms with van der Waals surface area (Å²) in [7, 11) is 1.56. The van der Waals surface area contributed by atoms with E-state index >= 15 is 0 Å². The number of carbonyl (C=O) groups excluding carboxylic acids is 1. The van der Waals surface area contributed by atoms with Gasteiger partial charge in [-0.1, -0.05) is 75.4 Å². The summed E-state index contributed by atoms with van der Waals surface area (Å²) < 4.78 is 28.6. The average molecular weight is 591 g/mol. The highest BCUT2D eigenvalue weighted by Crippen LogP contribution is 2.45. The second-order valence-corrected chi connectivity index (χ2v) is 11.3. The van der Waals surface area contributed by atoms with E-state index in [4.69, 9.17) is 29.4 Å². The molecule has 1 heterocycles. The van der Waals surface area contributed by atoms with Crippen LogP contribution in [0.3, 0.4) is 0 Å². The summed E-state index contributed by atoms with van der Waals surface area (Å²) in [4.78, 5) is 12.6. The summed E-state index contributed by atoms with van der Waals surface area (Å²) in [5.74, 6) is 1.14. The largest absolute Gasteiger partial charge is 0.493 e. The molecule has 4 aromatic rings. The van der Waals surface area contributed by atoms with Crippen molar-refractivity contribution in [3.05, 3.63) is 125 Å². The van der Waals surface area contributed by atoms with Crippen molar-refractivity contribution in [1.29, 1.82) is 5.26 Å². The lowest BCUT2D eigenvalue weighted by Crippen LogP contribution is -2.22. The molecule has 0 saturated heterocycles. The first kappa shape index (κ1) is 30.1. The minimum atomic E-state index is -0.575. The molecule has 0 bridgehead atoms. The first-order valence-electron chi connectivity index (χ1n) is 14.2. The van der Waals surface area contributed by atoms with Crippen LogP contribution in [-0.2, 0) is 16.8 Å². The number of ether oxygens (including phenoxy) is 5. The van der Waals surface area contributed by atoms with E-state index in [1.807, 2.05) is 72.8 Å². The van der Waals surface area contributed by atoms with Crippen LogP contribution in [-0.4, -0.2) is 19.7 Å². The zero-order valence-electron chi connectivity index (χ0n) is 25.1. The van der Waals surface area contributed by atoms with Crippen molar-refractivity contribution in [2.45, 2.75) is 38.7 Å². The molecule has 0 radical (unpaired) electrons. The third-order valence-electron chi connectivity index (χ3n) is 7.26. The molecule has 224 valence electrons. The van der Waals surface area contributed by atoms with Gasteiger partial charge in [-0.25, -0.2) is 4.79 Å². The number of hydrogen-bond donors (Lipinski definition) is 1. The van der Waals surface area contributed by atoms with Gasteiger partial charge in [0.1, 0.15) is 35.5 Å². The van der Waals surface area contributed by atoms with Gasteiger partial charge in [0.05, 0.1) is 13.0 Å². The van der Waals surface area contributed by atoms with Gasteiger partial charge in [-0.05, 0) is 52.4 Å². The highest BCUT2D eigenvalue weighted by Gasteiger charge is 2.32. The molecular weight excluding hydrogens is 556 g/mol. The van der Waals surface area contributed by atoms with Gasteiger partial charge in [-0.3, -0.25) is 0 Å². The van der Waals surface area contributed by atoms with Crippen molar-refractivity contribution in [2.24, 2.45) is 5.73 Å². The van der Waals surface area contributed by atoms with Gasteiger partial charge >= 0.3 is 5.97 Å². The molecule has 0 aromatic heterocycles. The Labute approximate surface area is 257 Å². The van der Waals surface area contributed by atoms with Crippen LogP contribution in [0.25, 0.3) is 0 Å². The van der Waals surface area contributed by atoms with Crippen LogP contribution < -0.4 is 29.4 Å². The number of methoxy groups -OCH3 is 1. The van der Waals surface area contributed by atoms with Crippen LogP contribution in [0.1, 0.15) is 48.9 Å². The number of nitrogens with two attached hydrogens (primary N) is 1. The fourth-order valence-corrected chi connectivity index (χ4v) is 4.91. The van der Waals surface area contributed by atoms with E-state index in [-0.39, 0.29) is 29.2 Å². The van der Waals surface area contributed by atoms with Crippen molar-refractivity contribution in [1.82, 2.24) is 0 Å². The number of carbonyl (C=O) groups is 1. The number of hydrogen-bond acceptors (Lipinski definition) is 8. The number of allylic oxidation sites excluding steroid dienone is 1. The first-order chi connectivity index (χ1) is 21.2. The van der Waals surface area contributed by atoms with Crippen molar-refractivity contribution >= 4 is 5.97 Å². The molecule has 0 amide bonds. The van der Waals surface area contributed by atoms with Gasteiger partial charge in [0, 0.05) is 11.6 Å². The van der Waals surface area contributed by atoms with Gasteiger partial charge in [0.15, 0.2) is 18.1 Å². The third kappa shape index (κ3) is 6.79. The van der Waals surface area contributed by atoms with Gasteiger partial charge < -0.3 is 29.4 Å². The Morgan fingerprint density at radius 3 is 2.32 bits per heavy atom. The summed E-state index contributed by atoms with van der Waals surface area (Å²) in [6, 6.07) is 30.1. The molecule has 0 spiro atoms. The van der Waals surface area contributed by atoms with Gasteiger partial charge in [0.25, 0.3) is 0 Å². The molecule has 4 aromatic carbocycles. The summed E-state index contributed by atoms with van der Waals surface area (Å²) in [5, 5.41) is 9.98. The lowest BCUT2D eigenvalue weighted by molar-refractivity contribution is -0.136. The molecule has 5 rings (SSSR count). The van der Waals surface area contributed by atoms with Gasteiger partial charge in [0.2, 0.25) is 5.88 Å². The molecule has 0 saturated carbocycles. The zero-order chi connectivity index (χ0) is 31.3. The molecule has 1 aliphatic rings.